The van der Waals surface area contributed by atoms with Gasteiger partial charge in [-0.2, -0.15) is 5.10 Å². The molecule has 1 N–H and O–H groups in total. The van der Waals surface area contributed by atoms with Crippen molar-refractivity contribution in [1.82, 2.24) is 14.8 Å². The van der Waals surface area contributed by atoms with Gasteiger partial charge in [0.2, 0.25) is 5.91 Å². The van der Waals surface area contributed by atoms with Gasteiger partial charge in [-0.05, 0) is 18.2 Å². The highest BCUT2D eigenvalue weighted by atomic mass is 16.5. The lowest BCUT2D eigenvalue weighted by atomic mass is 10.4. The largest absolute Gasteiger partial charge is 0.382 e. The second-order valence-electron chi connectivity index (χ2n) is 3.95. The number of anilines is 1. The molecule has 0 aromatic carbocycles. The van der Waals surface area contributed by atoms with Crippen LogP contribution in [0.4, 0.5) is 5.69 Å². The number of carbonyl (C=O) groups is 1. The predicted molar refractivity (Wildman–Crippen MR) is 72.7 cm³/mol. The van der Waals surface area contributed by atoms with E-state index in [4.69, 9.17) is 9.47 Å². The molecule has 0 radical (unpaired) electrons. The molecule has 0 unspecified atom stereocenters. The number of carbonyl (C=O) groups excluding carboxylic acids is 1. The molecule has 0 bridgehead atoms. The van der Waals surface area contributed by atoms with Crippen molar-refractivity contribution in [2.45, 2.75) is 0 Å². The van der Waals surface area contributed by atoms with Crippen LogP contribution < -0.4 is 5.32 Å². The molecule has 0 saturated carbocycles. The fourth-order valence-electron chi connectivity index (χ4n) is 1.50. The van der Waals surface area contributed by atoms with Crippen LogP contribution in [0.25, 0.3) is 5.82 Å². The molecule has 2 aromatic rings. The van der Waals surface area contributed by atoms with Gasteiger partial charge in [0, 0.05) is 19.5 Å². The van der Waals surface area contributed by atoms with Gasteiger partial charge in [-0.3, -0.25) is 4.79 Å². The van der Waals surface area contributed by atoms with Crippen molar-refractivity contribution in [3.05, 3.63) is 36.8 Å². The van der Waals surface area contributed by atoms with Crippen molar-refractivity contribution in [1.29, 1.82) is 0 Å². The third-order valence-electron chi connectivity index (χ3n) is 2.44. The first-order valence-corrected chi connectivity index (χ1v) is 6.12. The van der Waals surface area contributed by atoms with E-state index in [0.717, 1.165) is 0 Å². The maximum absolute atomic E-state index is 11.6. The van der Waals surface area contributed by atoms with Crippen molar-refractivity contribution < 1.29 is 14.3 Å². The van der Waals surface area contributed by atoms with Crippen LogP contribution in [0.3, 0.4) is 0 Å². The molecule has 106 valence electrons. The van der Waals surface area contributed by atoms with Crippen LogP contribution in [0.1, 0.15) is 0 Å². The van der Waals surface area contributed by atoms with Gasteiger partial charge in [-0.25, -0.2) is 9.67 Å². The summed E-state index contributed by atoms with van der Waals surface area (Å²) in [4.78, 5) is 15.8. The van der Waals surface area contributed by atoms with E-state index in [0.29, 0.717) is 24.7 Å². The normalized spacial score (nSPS) is 10.4. The van der Waals surface area contributed by atoms with Crippen LogP contribution in [0.2, 0.25) is 0 Å². The first kappa shape index (κ1) is 14.2. The molecule has 2 heterocycles. The monoisotopic (exact) mass is 276 g/mol. The summed E-state index contributed by atoms with van der Waals surface area (Å²) >= 11 is 0. The Morgan fingerprint density at radius 2 is 2.30 bits per heavy atom. The fourth-order valence-corrected chi connectivity index (χ4v) is 1.50. The summed E-state index contributed by atoms with van der Waals surface area (Å²) in [5.74, 6) is 0.457. The Hall–Kier alpha value is -2.25. The smallest absolute Gasteiger partial charge is 0.250 e. The van der Waals surface area contributed by atoms with Crippen molar-refractivity contribution in [2.24, 2.45) is 0 Å². The minimum atomic E-state index is -0.227. The van der Waals surface area contributed by atoms with Gasteiger partial charge in [0.15, 0.2) is 5.82 Å². The molecular weight excluding hydrogens is 260 g/mol. The maximum Gasteiger partial charge on any atom is 0.250 e. The molecule has 2 aromatic heterocycles. The summed E-state index contributed by atoms with van der Waals surface area (Å²) in [6, 6.07) is 5.35. The first-order chi connectivity index (χ1) is 9.79. The molecule has 0 saturated heterocycles. The molecule has 7 heteroatoms. The number of amides is 1. The summed E-state index contributed by atoms with van der Waals surface area (Å²) in [5.41, 5.74) is 0.612. The van der Waals surface area contributed by atoms with Crippen LogP contribution in [0.15, 0.2) is 36.8 Å². The molecule has 7 nitrogen and oxygen atoms in total. The third-order valence-corrected chi connectivity index (χ3v) is 2.44. The van der Waals surface area contributed by atoms with Crippen LogP contribution >= 0.6 is 0 Å². The van der Waals surface area contributed by atoms with Crippen LogP contribution in [0.5, 0.6) is 0 Å². The van der Waals surface area contributed by atoms with E-state index in [9.17, 15) is 4.79 Å². The Morgan fingerprint density at radius 1 is 1.40 bits per heavy atom. The number of hydrogen-bond acceptors (Lipinski definition) is 5. The van der Waals surface area contributed by atoms with Gasteiger partial charge in [0.25, 0.3) is 0 Å². The molecular formula is C13H16N4O3. The van der Waals surface area contributed by atoms with Crippen LogP contribution in [0, 0.1) is 0 Å². The molecule has 0 aliphatic carbocycles. The quantitative estimate of drug-likeness (QED) is 0.759. The highest BCUT2D eigenvalue weighted by Gasteiger charge is 2.03. The molecule has 1 amide bonds. The van der Waals surface area contributed by atoms with E-state index in [1.807, 2.05) is 6.07 Å². The first-order valence-electron chi connectivity index (χ1n) is 6.12. The standard InChI is InChI=1S/C13H16N4O3/c1-19-7-8-20-10-13(18)16-11-3-4-12(14-9-11)17-6-2-5-15-17/h2-6,9H,7-8,10H2,1H3,(H,16,18). The molecule has 0 spiro atoms. The van der Waals surface area contributed by atoms with Crippen molar-refractivity contribution in [3.8, 4) is 5.82 Å². The lowest BCUT2D eigenvalue weighted by molar-refractivity contribution is -0.121. The predicted octanol–water partition coefficient (Wildman–Crippen LogP) is 0.869. The summed E-state index contributed by atoms with van der Waals surface area (Å²) < 4.78 is 11.6. The zero-order chi connectivity index (χ0) is 14.2. The molecule has 0 aliphatic rings. The number of nitrogens with one attached hydrogen (secondary N) is 1. The minimum Gasteiger partial charge on any atom is -0.382 e. The van der Waals surface area contributed by atoms with Crippen molar-refractivity contribution >= 4 is 11.6 Å². The lowest BCUT2D eigenvalue weighted by Crippen LogP contribution is -2.19. The van der Waals surface area contributed by atoms with Gasteiger partial charge in [0.05, 0.1) is 25.1 Å². The highest BCUT2D eigenvalue weighted by molar-refractivity contribution is 5.91. The summed E-state index contributed by atoms with van der Waals surface area (Å²) in [5, 5.41) is 6.76. The van der Waals surface area contributed by atoms with Crippen LogP contribution in [-0.4, -0.2) is 47.6 Å². The average molecular weight is 276 g/mol. The zero-order valence-electron chi connectivity index (χ0n) is 11.2. The number of nitrogens with zero attached hydrogens (tertiary/aromatic N) is 3. The number of ether oxygens (including phenoxy) is 2. The Balaban J connectivity index is 1.83. The Morgan fingerprint density at radius 3 is 2.95 bits per heavy atom. The topological polar surface area (TPSA) is 78.3 Å². The Kier molecular flexibility index (Phi) is 5.22. The summed E-state index contributed by atoms with van der Waals surface area (Å²) in [6.07, 6.45) is 5.04. The fraction of sp³-hybridized carbons (Fsp3) is 0.308. The average Bonchev–Trinajstić information content (AvgIpc) is 2.99. The van der Waals surface area contributed by atoms with Gasteiger partial charge in [-0.15, -0.1) is 0 Å². The lowest BCUT2D eigenvalue weighted by Gasteiger charge is -2.06. The van der Waals surface area contributed by atoms with E-state index in [2.05, 4.69) is 15.4 Å². The highest BCUT2D eigenvalue weighted by Crippen LogP contribution is 2.08. The van der Waals surface area contributed by atoms with E-state index >= 15 is 0 Å². The Labute approximate surface area is 116 Å². The molecule has 0 fully saturated rings. The number of aromatic nitrogens is 3. The van der Waals surface area contributed by atoms with Crippen molar-refractivity contribution in [3.63, 3.8) is 0 Å². The molecule has 0 atom stereocenters. The molecule has 20 heavy (non-hydrogen) atoms. The second-order valence-corrected chi connectivity index (χ2v) is 3.95. The van der Waals surface area contributed by atoms with Gasteiger partial charge in [-0.1, -0.05) is 0 Å². The SMILES string of the molecule is COCCOCC(=O)Nc1ccc(-n2cccn2)nc1. The van der Waals surface area contributed by atoms with E-state index in [-0.39, 0.29) is 12.5 Å². The minimum absolute atomic E-state index is 0.00966. The number of pyridine rings is 1. The number of rotatable bonds is 7. The van der Waals surface area contributed by atoms with Crippen molar-refractivity contribution in [2.75, 3.05) is 32.2 Å². The number of hydrogen-bond donors (Lipinski definition) is 1. The van der Waals surface area contributed by atoms with Gasteiger partial charge in [0.1, 0.15) is 6.61 Å². The van der Waals surface area contributed by atoms with E-state index < -0.39 is 0 Å². The molecule has 0 aliphatic heterocycles. The maximum atomic E-state index is 11.6. The van der Waals surface area contributed by atoms with Crippen LogP contribution in [-0.2, 0) is 14.3 Å². The van der Waals surface area contributed by atoms with Gasteiger partial charge < -0.3 is 14.8 Å². The number of methoxy groups -OCH3 is 1. The summed E-state index contributed by atoms with van der Waals surface area (Å²) in [6.45, 7) is 0.845. The van der Waals surface area contributed by atoms with Gasteiger partial charge >= 0.3 is 0 Å². The Bertz CT molecular complexity index is 525. The zero-order valence-corrected chi connectivity index (χ0v) is 11.2. The third kappa shape index (κ3) is 4.15. The van der Waals surface area contributed by atoms with E-state index in [1.165, 1.54) is 0 Å². The van der Waals surface area contributed by atoms with E-state index in [1.54, 1.807) is 42.5 Å². The second kappa shape index (κ2) is 7.37. The molecule has 2 rings (SSSR count). The summed E-state index contributed by atoms with van der Waals surface area (Å²) in [7, 11) is 1.58.